The SMILES string of the molecule is CC(=O)N(CCNS(=O)(=O)c1ccc2c(c1)CCCC2)c1cc(C)on1. The Morgan fingerprint density at radius 3 is 2.62 bits per heavy atom. The van der Waals surface area contributed by atoms with E-state index in [-0.39, 0.29) is 23.9 Å². The summed E-state index contributed by atoms with van der Waals surface area (Å²) in [6.45, 7) is 3.39. The molecule has 0 spiro atoms. The maximum atomic E-state index is 12.6. The third-order valence-corrected chi connectivity index (χ3v) is 5.99. The van der Waals surface area contributed by atoms with Crippen LogP contribution in [-0.4, -0.2) is 32.6 Å². The number of carbonyl (C=O) groups is 1. The van der Waals surface area contributed by atoms with Crippen LogP contribution in [0.25, 0.3) is 0 Å². The first-order chi connectivity index (χ1) is 12.4. The molecule has 0 aliphatic heterocycles. The first-order valence-electron chi connectivity index (χ1n) is 8.70. The third kappa shape index (κ3) is 4.13. The van der Waals surface area contributed by atoms with Crippen molar-refractivity contribution < 1.29 is 17.7 Å². The zero-order chi connectivity index (χ0) is 18.7. The molecule has 8 heteroatoms. The van der Waals surface area contributed by atoms with Crippen molar-refractivity contribution in [3.8, 4) is 0 Å². The number of sulfonamides is 1. The summed E-state index contributed by atoms with van der Waals surface area (Å²) in [5, 5.41) is 3.81. The fourth-order valence-corrected chi connectivity index (χ4v) is 4.24. The van der Waals surface area contributed by atoms with Crippen LogP contribution in [0.4, 0.5) is 5.82 Å². The van der Waals surface area contributed by atoms with Gasteiger partial charge < -0.3 is 4.52 Å². The van der Waals surface area contributed by atoms with Gasteiger partial charge in [0, 0.05) is 26.1 Å². The Hall–Kier alpha value is -2.19. The Balaban J connectivity index is 1.67. The molecule has 140 valence electrons. The van der Waals surface area contributed by atoms with Gasteiger partial charge in [-0.15, -0.1) is 0 Å². The molecule has 0 unspecified atom stereocenters. The van der Waals surface area contributed by atoms with Crippen molar-refractivity contribution in [1.29, 1.82) is 0 Å². The number of anilines is 1. The number of aromatic nitrogens is 1. The molecule has 1 aliphatic carbocycles. The number of hydrogen-bond acceptors (Lipinski definition) is 5. The highest BCUT2D eigenvalue weighted by Crippen LogP contribution is 2.24. The van der Waals surface area contributed by atoms with Gasteiger partial charge in [0.25, 0.3) is 0 Å². The van der Waals surface area contributed by atoms with Crippen LogP contribution in [-0.2, 0) is 27.7 Å². The van der Waals surface area contributed by atoms with Crippen LogP contribution >= 0.6 is 0 Å². The van der Waals surface area contributed by atoms with Crippen LogP contribution < -0.4 is 9.62 Å². The molecule has 0 atom stereocenters. The first-order valence-corrected chi connectivity index (χ1v) is 10.2. The van der Waals surface area contributed by atoms with Crippen molar-refractivity contribution in [2.45, 2.75) is 44.4 Å². The third-order valence-electron chi connectivity index (χ3n) is 4.53. The Morgan fingerprint density at radius 1 is 1.23 bits per heavy atom. The molecule has 26 heavy (non-hydrogen) atoms. The molecule has 3 rings (SSSR count). The van der Waals surface area contributed by atoms with Crippen LogP contribution in [0.3, 0.4) is 0 Å². The second-order valence-electron chi connectivity index (χ2n) is 6.50. The second kappa shape index (κ2) is 7.59. The van der Waals surface area contributed by atoms with Crippen molar-refractivity contribution in [3.63, 3.8) is 0 Å². The van der Waals surface area contributed by atoms with Gasteiger partial charge in [-0.05, 0) is 55.9 Å². The van der Waals surface area contributed by atoms with Gasteiger partial charge in [-0.2, -0.15) is 0 Å². The minimum Gasteiger partial charge on any atom is -0.360 e. The lowest BCUT2D eigenvalue weighted by Gasteiger charge is -2.19. The van der Waals surface area contributed by atoms with E-state index in [0.29, 0.717) is 11.6 Å². The van der Waals surface area contributed by atoms with Gasteiger partial charge in [-0.1, -0.05) is 11.2 Å². The van der Waals surface area contributed by atoms with Crippen molar-refractivity contribution in [1.82, 2.24) is 9.88 Å². The Labute approximate surface area is 153 Å². The molecule has 0 radical (unpaired) electrons. The molecule has 1 heterocycles. The smallest absolute Gasteiger partial charge is 0.240 e. The molecule has 1 aliphatic rings. The highest BCUT2D eigenvalue weighted by Gasteiger charge is 2.20. The number of hydrogen-bond donors (Lipinski definition) is 1. The molecule has 0 fully saturated rings. The summed E-state index contributed by atoms with van der Waals surface area (Å²) in [5.41, 5.74) is 2.35. The van der Waals surface area contributed by atoms with Crippen LogP contribution in [0.5, 0.6) is 0 Å². The lowest BCUT2D eigenvalue weighted by Crippen LogP contribution is -2.37. The number of nitrogens with one attached hydrogen (secondary N) is 1. The first kappa shape index (κ1) is 18.6. The lowest BCUT2D eigenvalue weighted by atomic mass is 9.92. The van der Waals surface area contributed by atoms with Crippen molar-refractivity contribution >= 4 is 21.7 Å². The number of fused-ring (bicyclic) bond motifs is 1. The summed E-state index contributed by atoms with van der Waals surface area (Å²) in [5.74, 6) is 0.732. The fourth-order valence-electron chi connectivity index (χ4n) is 3.17. The van der Waals surface area contributed by atoms with Gasteiger partial charge in [0.15, 0.2) is 5.82 Å². The van der Waals surface area contributed by atoms with E-state index in [1.165, 1.54) is 17.4 Å². The molecule has 1 N–H and O–H groups in total. The van der Waals surface area contributed by atoms with E-state index >= 15 is 0 Å². The summed E-state index contributed by atoms with van der Waals surface area (Å²) in [6.07, 6.45) is 4.17. The average Bonchev–Trinajstić information content (AvgIpc) is 3.04. The lowest BCUT2D eigenvalue weighted by molar-refractivity contribution is -0.116. The van der Waals surface area contributed by atoms with Gasteiger partial charge in [0.2, 0.25) is 15.9 Å². The molecule has 2 aromatic rings. The Kier molecular flexibility index (Phi) is 5.43. The van der Waals surface area contributed by atoms with E-state index in [2.05, 4.69) is 9.88 Å². The molecule has 1 amide bonds. The second-order valence-corrected chi connectivity index (χ2v) is 8.27. The normalized spacial score (nSPS) is 14.1. The van der Waals surface area contributed by atoms with E-state index in [1.54, 1.807) is 25.1 Å². The van der Waals surface area contributed by atoms with Gasteiger partial charge >= 0.3 is 0 Å². The summed E-state index contributed by atoms with van der Waals surface area (Å²) in [7, 11) is -3.62. The largest absolute Gasteiger partial charge is 0.360 e. The van der Waals surface area contributed by atoms with E-state index in [9.17, 15) is 13.2 Å². The summed E-state index contributed by atoms with van der Waals surface area (Å²) < 4.78 is 32.7. The van der Waals surface area contributed by atoms with Gasteiger partial charge in [0.05, 0.1) is 4.90 Å². The molecule has 0 saturated heterocycles. The van der Waals surface area contributed by atoms with Crippen molar-refractivity contribution in [3.05, 3.63) is 41.2 Å². The Morgan fingerprint density at radius 2 is 1.96 bits per heavy atom. The number of rotatable bonds is 6. The minimum atomic E-state index is -3.62. The number of nitrogens with zero attached hydrogens (tertiary/aromatic N) is 2. The molecule has 0 bridgehead atoms. The summed E-state index contributed by atoms with van der Waals surface area (Å²) >= 11 is 0. The standard InChI is InChI=1S/C18H23N3O4S/c1-13-11-18(20-25-13)21(14(2)22)10-9-19-26(23,24)17-8-7-15-5-3-4-6-16(15)12-17/h7-8,11-12,19H,3-6,9-10H2,1-2H3. The molecule has 1 aromatic carbocycles. The highest BCUT2D eigenvalue weighted by molar-refractivity contribution is 7.89. The summed E-state index contributed by atoms with van der Waals surface area (Å²) in [6, 6.07) is 6.96. The van der Waals surface area contributed by atoms with Crippen LogP contribution in [0.1, 0.15) is 36.7 Å². The van der Waals surface area contributed by atoms with Crippen LogP contribution in [0.2, 0.25) is 0 Å². The number of aryl methyl sites for hydroxylation is 3. The average molecular weight is 377 g/mol. The molecular formula is C18H23N3O4S. The Bertz CT molecular complexity index is 905. The van der Waals surface area contributed by atoms with Gasteiger partial charge in [-0.25, -0.2) is 13.1 Å². The van der Waals surface area contributed by atoms with Crippen molar-refractivity contribution in [2.24, 2.45) is 0 Å². The zero-order valence-electron chi connectivity index (χ0n) is 15.0. The highest BCUT2D eigenvalue weighted by atomic mass is 32.2. The predicted molar refractivity (Wildman–Crippen MR) is 97.5 cm³/mol. The van der Waals surface area contributed by atoms with Gasteiger partial charge in [-0.3, -0.25) is 9.69 Å². The van der Waals surface area contributed by atoms with E-state index in [0.717, 1.165) is 31.2 Å². The maximum absolute atomic E-state index is 12.6. The quantitative estimate of drug-likeness (QED) is 0.833. The molecule has 0 saturated carbocycles. The van der Waals surface area contributed by atoms with E-state index in [1.807, 2.05) is 6.07 Å². The van der Waals surface area contributed by atoms with Crippen LogP contribution in [0, 0.1) is 6.92 Å². The van der Waals surface area contributed by atoms with Crippen LogP contribution in [0.15, 0.2) is 33.7 Å². The minimum absolute atomic E-state index is 0.0882. The molecular weight excluding hydrogens is 354 g/mol. The van der Waals surface area contributed by atoms with Crippen molar-refractivity contribution in [2.75, 3.05) is 18.0 Å². The number of amides is 1. The summed E-state index contributed by atoms with van der Waals surface area (Å²) in [4.78, 5) is 13.5. The molecule has 1 aromatic heterocycles. The maximum Gasteiger partial charge on any atom is 0.240 e. The topological polar surface area (TPSA) is 92.5 Å². The zero-order valence-corrected chi connectivity index (χ0v) is 15.8. The van der Waals surface area contributed by atoms with E-state index < -0.39 is 10.0 Å². The molecule has 7 nitrogen and oxygen atoms in total. The van der Waals surface area contributed by atoms with E-state index in [4.69, 9.17) is 4.52 Å². The fraction of sp³-hybridized carbons (Fsp3) is 0.444. The number of carbonyl (C=O) groups excluding carboxylic acids is 1. The number of benzene rings is 1. The van der Waals surface area contributed by atoms with Gasteiger partial charge in [0.1, 0.15) is 5.76 Å². The monoisotopic (exact) mass is 377 g/mol. The predicted octanol–water partition coefficient (Wildman–Crippen LogP) is 2.19.